The Bertz CT molecular complexity index is 436. The first-order chi connectivity index (χ1) is 13.2. The maximum absolute atomic E-state index is 11.7. The lowest BCUT2D eigenvalue weighted by molar-refractivity contribution is -0.119. The van der Waals surface area contributed by atoms with Crippen molar-refractivity contribution in [3.8, 4) is 0 Å². The van der Waals surface area contributed by atoms with Gasteiger partial charge in [-0.05, 0) is 39.9 Å². The molecule has 0 saturated heterocycles. The highest BCUT2D eigenvalue weighted by Crippen LogP contribution is 2.12. The second-order valence-corrected chi connectivity index (χ2v) is 9.59. The van der Waals surface area contributed by atoms with Crippen LogP contribution in [0.2, 0.25) is 0 Å². The van der Waals surface area contributed by atoms with Gasteiger partial charge in [0.1, 0.15) is 5.78 Å². The van der Waals surface area contributed by atoms with Gasteiger partial charge in [0, 0.05) is 12.8 Å². The van der Waals surface area contributed by atoms with E-state index in [2.05, 4.69) is 25.9 Å². The molecule has 170 valence electrons. The van der Waals surface area contributed by atoms with Gasteiger partial charge in [-0.3, -0.25) is 9.35 Å². The third kappa shape index (κ3) is 30.3. The molecule has 0 amide bonds. The molecule has 0 spiro atoms. The van der Waals surface area contributed by atoms with Crippen LogP contribution >= 0.6 is 0 Å². The van der Waals surface area contributed by atoms with Crippen LogP contribution in [0.3, 0.4) is 0 Å². The first-order valence-electron chi connectivity index (χ1n) is 11.3. The summed E-state index contributed by atoms with van der Waals surface area (Å²) in [7, 11) is 0.453. The van der Waals surface area contributed by atoms with Gasteiger partial charge < -0.3 is 4.90 Å². The molecule has 0 aliphatic heterocycles. The van der Waals surface area contributed by atoms with Crippen LogP contribution in [0.25, 0.3) is 0 Å². The van der Waals surface area contributed by atoms with Gasteiger partial charge in [0.15, 0.2) is 0 Å². The van der Waals surface area contributed by atoms with Gasteiger partial charge >= 0.3 is 0 Å². The van der Waals surface area contributed by atoms with E-state index < -0.39 is 10.1 Å². The highest BCUT2D eigenvalue weighted by molar-refractivity contribution is 7.85. The van der Waals surface area contributed by atoms with Gasteiger partial charge in [-0.25, -0.2) is 0 Å². The van der Waals surface area contributed by atoms with E-state index >= 15 is 0 Å². The zero-order valence-corrected chi connectivity index (χ0v) is 19.9. The van der Waals surface area contributed by atoms with E-state index in [1.54, 1.807) is 6.92 Å². The minimum absolute atomic E-state index is 0.132. The van der Waals surface area contributed by atoms with Crippen LogP contribution in [0, 0.1) is 0 Å². The molecule has 0 aromatic rings. The minimum atomic E-state index is -3.67. The lowest BCUT2D eigenvalue weighted by atomic mass is 10.0. The number of carbonyl (C=O) groups excluding carboxylic acids is 1. The molecule has 0 heterocycles. The van der Waals surface area contributed by atoms with Gasteiger partial charge in [0.2, 0.25) is 0 Å². The molecule has 0 unspecified atom stereocenters. The Labute approximate surface area is 175 Å². The highest BCUT2D eigenvalue weighted by Gasteiger charge is 2.02. The summed E-state index contributed by atoms with van der Waals surface area (Å²) in [5, 5.41) is 0. The van der Waals surface area contributed by atoms with E-state index in [0.717, 1.165) is 32.2 Å². The summed E-state index contributed by atoms with van der Waals surface area (Å²) in [6.45, 7) is 4.99. The van der Waals surface area contributed by atoms with E-state index in [1.165, 1.54) is 64.2 Å². The Morgan fingerprint density at radius 1 is 0.714 bits per heavy atom. The molecular weight excluding hydrogens is 374 g/mol. The van der Waals surface area contributed by atoms with Crippen LogP contribution in [0.15, 0.2) is 0 Å². The summed E-state index contributed by atoms with van der Waals surface area (Å²) in [5.41, 5.74) is 0. The van der Waals surface area contributed by atoms with Crippen LogP contribution in [0.5, 0.6) is 0 Å². The van der Waals surface area contributed by atoms with Crippen molar-refractivity contribution in [2.24, 2.45) is 0 Å². The van der Waals surface area contributed by atoms with E-state index in [-0.39, 0.29) is 5.75 Å². The Morgan fingerprint density at radius 2 is 1.14 bits per heavy atom. The second-order valence-electron chi connectivity index (χ2n) is 8.02. The Balaban J connectivity index is 0. The van der Waals surface area contributed by atoms with Crippen molar-refractivity contribution < 1.29 is 17.8 Å². The van der Waals surface area contributed by atoms with Crippen LogP contribution in [-0.2, 0) is 14.9 Å². The fourth-order valence-corrected chi connectivity index (χ4v) is 3.48. The van der Waals surface area contributed by atoms with Crippen molar-refractivity contribution in [1.29, 1.82) is 0 Å². The Hall–Kier alpha value is -0.460. The maximum atomic E-state index is 11.7. The molecule has 0 aromatic carbocycles. The molecule has 0 saturated carbocycles. The molecule has 5 nitrogen and oxygen atoms in total. The van der Waals surface area contributed by atoms with Crippen molar-refractivity contribution >= 4 is 15.9 Å². The van der Waals surface area contributed by atoms with E-state index in [0.29, 0.717) is 12.2 Å². The quantitative estimate of drug-likeness (QED) is 0.221. The Morgan fingerprint density at radius 3 is 1.50 bits per heavy atom. The van der Waals surface area contributed by atoms with Gasteiger partial charge in [0.25, 0.3) is 10.1 Å². The number of carbonyl (C=O) groups is 1. The van der Waals surface area contributed by atoms with Crippen molar-refractivity contribution in [3.63, 3.8) is 0 Å². The molecule has 6 heteroatoms. The zero-order valence-electron chi connectivity index (χ0n) is 19.0. The van der Waals surface area contributed by atoms with Crippen LogP contribution in [0.1, 0.15) is 110 Å². The standard InChI is InChI=1S/C19H39NO.C3H8O3S/c1-4-5-6-7-8-9-10-11-12-13-14-16-19(21)17-15-18-20(2)3;1-2-3-7(4,5)6/h4-18H2,1-3H3;2-3H2,1H3,(H,4,5,6). The largest absolute Gasteiger partial charge is 0.309 e. The summed E-state index contributed by atoms with van der Waals surface area (Å²) in [6, 6.07) is 0. The monoisotopic (exact) mass is 421 g/mol. The summed E-state index contributed by atoms with van der Waals surface area (Å²) in [5.74, 6) is 0.334. The van der Waals surface area contributed by atoms with Gasteiger partial charge in [-0.1, -0.05) is 78.1 Å². The summed E-state index contributed by atoms with van der Waals surface area (Å²) in [6.07, 6.45) is 17.9. The molecule has 0 atom stereocenters. The van der Waals surface area contributed by atoms with Crippen LogP contribution in [0.4, 0.5) is 0 Å². The third-order valence-electron chi connectivity index (χ3n) is 4.58. The first kappa shape index (κ1) is 29.7. The fourth-order valence-electron chi connectivity index (χ4n) is 2.96. The fraction of sp³-hybridized carbons (Fsp3) is 0.955. The van der Waals surface area contributed by atoms with E-state index in [1.807, 2.05) is 0 Å². The lowest BCUT2D eigenvalue weighted by Crippen LogP contribution is -2.14. The van der Waals surface area contributed by atoms with E-state index in [9.17, 15) is 13.2 Å². The van der Waals surface area contributed by atoms with Crippen LogP contribution < -0.4 is 0 Å². The third-order valence-corrected chi connectivity index (χ3v) is 5.51. The van der Waals surface area contributed by atoms with Crippen molar-refractivity contribution in [2.75, 3.05) is 26.4 Å². The van der Waals surface area contributed by atoms with Gasteiger partial charge in [-0.2, -0.15) is 8.42 Å². The average Bonchev–Trinajstić information content (AvgIpc) is 2.59. The smallest absolute Gasteiger partial charge is 0.264 e. The van der Waals surface area contributed by atoms with Crippen LogP contribution in [-0.4, -0.2) is 50.0 Å². The topological polar surface area (TPSA) is 74.7 Å². The number of hydrogen-bond acceptors (Lipinski definition) is 4. The molecule has 28 heavy (non-hydrogen) atoms. The van der Waals surface area contributed by atoms with Crippen molar-refractivity contribution in [2.45, 2.75) is 110 Å². The zero-order chi connectivity index (χ0) is 21.7. The number of ketones is 1. The molecule has 0 bridgehead atoms. The van der Waals surface area contributed by atoms with Gasteiger partial charge in [-0.15, -0.1) is 0 Å². The summed E-state index contributed by atoms with van der Waals surface area (Å²) in [4.78, 5) is 13.8. The predicted molar refractivity (Wildman–Crippen MR) is 121 cm³/mol. The summed E-state index contributed by atoms with van der Waals surface area (Å²) >= 11 is 0. The van der Waals surface area contributed by atoms with Gasteiger partial charge in [0.05, 0.1) is 5.75 Å². The predicted octanol–water partition coefficient (Wildman–Crippen LogP) is 5.88. The molecule has 0 radical (unpaired) electrons. The normalized spacial score (nSPS) is 11.4. The second kappa shape index (κ2) is 21.3. The van der Waals surface area contributed by atoms with Crippen molar-refractivity contribution in [1.82, 2.24) is 4.90 Å². The SMILES string of the molecule is CCCCCCCCCCCCCC(=O)CCCN(C)C.CCCS(=O)(=O)O. The highest BCUT2D eigenvalue weighted by atomic mass is 32.2. The number of rotatable bonds is 18. The molecule has 1 N–H and O–H groups in total. The number of unbranched alkanes of at least 4 members (excludes halogenated alkanes) is 10. The molecule has 0 aromatic heterocycles. The lowest BCUT2D eigenvalue weighted by Gasteiger charge is -2.08. The first-order valence-corrected chi connectivity index (χ1v) is 12.9. The Kier molecular flexibility index (Phi) is 22.6. The molecule has 0 aliphatic rings. The molecule has 0 aliphatic carbocycles. The number of Topliss-reactive ketones (excluding diaryl/α,β-unsaturated/α-hetero) is 1. The molecular formula is C22H47NO4S. The molecule has 0 rings (SSSR count). The van der Waals surface area contributed by atoms with E-state index in [4.69, 9.17) is 4.55 Å². The minimum Gasteiger partial charge on any atom is -0.309 e. The van der Waals surface area contributed by atoms with Crippen molar-refractivity contribution in [3.05, 3.63) is 0 Å². The number of hydrogen-bond donors (Lipinski definition) is 1. The maximum Gasteiger partial charge on any atom is 0.264 e. The average molecular weight is 422 g/mol. The number of nitrogens with zero attached hydrogens (tertiary/aromatic N) is 1. The summed E-state index contributed by atoms with van der Waals surface area (Å²) < 4.78 is 27.6. The molecule has 0 fully saturated rings.